The zero-order chi connectivity index (χ0) is 15.6. The molecule has 6 heteroatoms. The Balaban J connectivity index is 1.67. The number of hydrogen-bond acceptors (Lipinski definition) is 5. The summed E-state index contributed by atoms with van der Waals surface area (Å²) in [4.78, 5) is 17.6. The van der Waals surface area contributed by atoms with Crippen LogP contribution in [0, 0.1) is 0 Å². The maximum absolute atomic E-state index is 11.5. The van der Waals surface area contributed by atoms with Gasteiger partial charge in [-0.05, 0) is 48.2 Å². The second kappa shape index (κ2) is 8.84. The molecule has 22 heavy (non-hydrogen) atoms. The van der Waals surface area contributed by atoms with Gasteiger partial charge >= 0.3 is 0 Å². The summed E-state index contributed by atoms with van der Waals surface area (Å²) >= 11 is 1.60. The maximum Gasteiger partial charge on any atom is 0.261 e. The van der Waals surface area contributed by atoms with E-state index in [1.807, 2.05) is 48.7 Å². The van der Waals surface area contributed by atoms with Gasteiger partial charge in [-0.2, -0.15) is 0 Å². The number of nitrogens with zero attached hydrogens (tertiary/aromatic N) is 1. The van der Waals surface area contributed by atoms with Gasteiger partial charge in [-0.3, -0.25) is 4.79 Å². The molecule has 2 rings (SSSR count). The van der Waals surface area contributed by atoms with Crippen LogP contribution >= 0.6 is 11.3 Å². The van der Waals surface area contributed by atoms with Gasteiger partial charge in [0.2, 0.25) is 0 Å². The van der Waals surface area contributed by atoms with E-state index < -0.39 is 0 Å². The quantitative estimate of drug-likeness (QED) is 0.601. The average molecular weight is 318 g/mol. The summed E-state index contributed by atoms with van der Waals surface area (Å²) < 4.78 is 5.35. The van der Waals surface area contributed by atoms with E-state index >= 15 is 0 Å². The molecule has 116 valence electrons. The van der Waals surface area contributed by atoms with Crippen LogP contribution in [0.25, 0.3) is 0 Å². The van der Waals surface area contributed by atoms with E-state index in [1.165, 1.54) is 0 Å². The lowest BCUT2D eigenvalue weighted by atomic mass is 10.2. The first-order chi connectivity index (χ1) is 10.8. The molecule has 0 unspecified atom stereocenters. The van der Waals surface area contributed by atoms with Crippen LogP contribution in [0.4, 0.5) is 0 Å². The molecule has 0 aliphatic carbocycles. The molecule has 0 aliphatic heterocycles. The van der Waals surface area contributed by atoms with E-state index in [-0.39, 0.29) is 12.5 Å². The van der Waals surface area contributed by atoms with Crippen LogP contribution in [-0.2, 0) is 16.2 Å². The molecule has 0 atom stereocenters. The first-order valence-electron chi connectivity index (χ1n) is 6.95. The second-order valence-corrected chi connectivity index (χ2v) is 5.40. The van der Waals surface area contributed by atoms with Gasteiger partial charge in [0.05, 0.1) is 19.4 Å². The van der Waals surface area contributed by atoms with Crippen molar-refractivity contribution in [3.63, 3.8) is 0 Å². The van der Waals surface area contributed by atoms with Crippen molar-refractivity contribution < 1.29 is 14.4 Å². The standard InChI is InChI=1S/C16H18N2O3S/c1-2-20-14-7-5-13(6-8-14)10-18-21-12-16(19)17-11-15-4-3-9-22-15/h3-10H,2,11-12H2,1H3,(H,17,19)/b18-10-. The number of carbonyl (C=O) groups excluding carboxylic acids is 1. The molecule has 0 saturated heterocycles. The number of ether oxygens (including phenoxy) is 1. The van der Waals surface area contributed by atoms with Gasteiger partial charge in [0.1, 0.15) is 5.75 Å². The third-order valence-electron chi connectivity index (χ3n) is 2.70. The third kappa shape index (κ3) is 5.57. The largest absolute Gasteiger partial charge is 0.494 e. The number of thiophene rings is 1. The molecule has 0 radical (unpaired) electrons. The minimum atomic E-state index is -0.197. The lowest BCUT2D eigenvalue weighted by Gasteiger charge is -2.03. The predicted octanol–water partition coefficient (Wildman–Crippen LogP) is 2.81. The summed E-state index contributed by atoms with van der Waals surface area (Å²) in [5, 5.41) is 8.51. The second-order valence-electron chi connectivity index (χ2n) is 4.37. The molecule has 0 bridgehead atoms. The third-order valence-corrected chi connectivity index (χ3v) is 3.58. The monoisotopic (exact) mass is 318 g/mol. The number of hydrogen-bond donors (Lipinski definition) is 1. The minimum Gasteiger partial charge on any atom is -0.494 e. The molecule has 1 heterocycles. The number of oxime groups is 1. The fourth-order valence-electron chi connectivity index (χ4n) is 1.66. The molecule has 0 saturated carbocycles. The van der Waals surface area contributed by atoms with Crippen LogP contribution in [0.2, 0.25) is 0 Å². The Kier molecular flexibility index (Phi) is 6.44. The Morgan fingerprint density at radius 1 is 1.32 bits per heavy atom. The van der Waals surface area contributed by atoms with E-state index in [4.69, 9.17) is 9.57 Å². The van der Waals surface area contributed by atoms with Crippen molar-refractivity contribution in [2.75, 3.05) is 13.2 Å². The van der Waals surface area contributed by atoms with Gasteiger partial charge in [-0.25, -0.2) is 0 Å². The van der Waals surface area contributed by atoms with Crippen LogP contribution in [0.5, 0.6) is 5.75 Å². The topological polar surface area (TPSA) is 59.9 Å². The Bertz CT molecular complexity index is 594. The summed E-state index contributed by atoms with van der Waals surface area (Å²) in [7, 11) is 0. The molecule has 2 aromatic rings. The highest BCUT2D eigenvalue weighted by Crippen LogP contribution is 2.10. The first kappa shape index (κ1) is 16.0. The smallest absolute Gasteiger partial charge is 0.261 e. The van der Waals surface area contributed by atoms with Crippen molar-refractivity contribution in [1.29, 1.82) is 0 Å². The number of benzene rings is 1. The van der Waals surface area contributed by atoms with E-state index in [9.17, 15) is 4.79 Å². The average Bonchev–Trinajstić information content (AvgIpc) is 3.05. The molecular formula is C16H18N2O3S. The summed E-state index contributed by atoms with van der Waals surface area (Å²) in [5.74, 6) is 0.616. The summed E-state index contributed by atoms with van der Waals surface area (Å²) in [6.07, 6.45) is 1.56. The van der Waals surface area contributed by atoms with Gasteiger partial charge in [0, 0.05) is 4.88 Å². The van der Waals surface area contributed by atoms with Gasteiger partial charge in [0.25, 0.3) is 5.91 Å². The molecule has 0 fully saturated rings. The van der Waals surface area contributed by atoms with Crippen molar-refractivity contribution in [3.05, 3.63) is 52.2 Å². The van der Waals surface area contributed by atoms with E-state index in [1.54, 1.807) is 17.6 Å². The fourth-order valence-corrected chi connectivity index (χ4v) is 2.31. The van der Waals surface area contributed by atoms with Gasteiger partial charge in [0.15, 0.2) is 6.61 Å². The fraction of sp³-hybridized carbons (Fsp3) is 0.250. The Morgan fingerprint density at radius 2 is 2.14 bits per heavy atom. The van der Waals surface area contributed by atoms with E-state index in [0.29, 0.717) is 13.2 Å². The zero-order valence-corrected chi connectivity index (χ0v) is 13.1. The first-order valence-corrected chi connectivity index (χ1v) is 7.83. The molecule has 1 aromatic carbocycles. The van der Waals surface area contributed by atoms with Crippen LogP contribution < -0.4 is 10.1 Å². The highest BCUT2D eigenvalue weighted by atomic mass is 32.1. The Hall–Kier alpha value is -2.34. The molecule has 1 aromatic heterocycles. The SMILES string of the molecule is CCOc1ccc(/C=N\OCC(=O)NCc2cccs2)cc1. The van der Waals surface area contributed by atoms with Gasteiger partial charge in [-0.15, -0.1) is 11.3 Å². The van der Waals surface area contributed by atoms with Crippen molar-refractivity contribution in [3.8, 4) is 5.75 Å². The number of nitrogens with one attached hydrogen (secondary N) is 1. The number of rotatable bonds is 8. The maximum atomic E-state index is 11.5. The Labute approximate surface area is 133 Å². The van der Waals surface area contributed by atoms with Crippen molar-refractivity contribution in [2.24, 2.45) is 5.16 Å². The number of carbonyl (C=O) groups is 1. The van der Waals surface area contributed by atoms with Gasteiger partial charge in [-0.1, -0.05) is 11.2 Å². The minimum absolute atomic E-state index is 0.0983. The summed E-state index contributed by atoms with van der Waals surface area (Å²) in [5.41, 5.74) is 0.877. The number of amides is 1. The zero-order valence-electron chi connectivity index (χ0n) is 12.3. The van der Waals surface area contributed by atoms with E-state index in [0.717, 1.165) is 16.2 Å². The van der Waals surface area contributed by atoms with Crippen LogP contribution in [0.3, 0.4) is 0 Å². The van der Waals surface area contributed by atoms with E-state index in [2.05, 4.69) is 10.5 Å². The molecule has 0 spiro atoms. The van der Waals surface area contributed by atoms with Crippen molar-refractivity contribution >= 4 is 23.5 Å². The lowest BCUT2D eigenvalue weighted by molar-refractivity contribution is -0.125. The predicted molar refractivity (Wildman–Crippen MR) is 87.3 cm³/mol. The van der Waals surface area contributed by atoms with Crippen molar-refractivity contribution in [1.82, 2.24) is 5.32 Å². The van der Waals surface area contributed by atoms with Crippen LogP contribution in [0.15, 0.2) is 46.9 Å². The summed E-state index contributed by atoms with van der Waals surface area (Å²) in [6, 6.07) is 11.4. The molecule has 5 nitrogen and oxygen atoms in total. The molecule has 1 amide bonds. The normalized spacial score (nSPS) is 10.6. The van der Waals surface area contributed by atoms with Gasteiger partial charge < -0.3 is 14.9 Å². The van der Waals surface area contributed by atoms with Crippen LogP contribution in [-0.4, -0.2) is 25.3 Å². The van der Waals surface area contributed by atoms with Crippen LogP contribution in [0.1, 0.15) is 17.4 Å². The van der Waals surface area contributed by atoms with Crippen molar-refractivity contribution in [2.45, 2.75) is 13.5 Å². The molecule has 1 N–H and O–H groups in total. The molecule has 0 aliphatic rings. The summed E-state index contributed by atoms with van der Waals surface area (Å²) in [6.45, 7) is 2.99. The lowest BCUT2D eigenvalue weighted by Crippen LogP contribution is -2.26. The Morgan fingerprint density at radius 3 is 2.82 bits per heavy atom. The molecular weight excluding hydrogens is 300 g/mol. The highest BCUT2D eigenvalue weighted by Gasteiger charge is 2.01. The highest BCUT2D eigenvalue weighted by molar-refractivity contribution is 7.09.